The molecule has 2 aliphatic rings. The maximum Gasteiger partial charge on any atom is 0.334 e. The Bertz CT molecular complexity index is 1080. The molecule has 4 amide bonds. The Morgan fingerprint density at radius 2 is 1.81 bits per heavy atom. The second kappa shape index (κ2) is 12.3. The third-order valence-corrected chi connectivity index (χ3v) is 7.50. The second-order valence-electron chi connectivity index (χ2n) is 9.27. The lowest BCUT2D eigenvalue weighted by Crippen LogP contribution is -2.76. The molecule has 0 saturated carbocycles. The van der Waals surface area contributed by atoms with E-state index in [9.17, 15) is 14.4 Å². The quantitative estimate of drug-likeness (QED) is 0.541. The van der Waals surface area contributed by atoms with E-state index in [4.69, 9.17) is 4.74 Å². The summed E-state index contributed by atoms with van der Waals surface area (Å²) < 4.78 is 5.24. The van der Waals surface area contributed by atoms with E-state index in [0.29, 0.717) is 25.9 Å². The predicted molar refractivity (Wildman–Crippen MR) is 144 cm³/mol. The van der Waals surface area contributed by atoms with E-state index in [1.54, 1.807) is 45.7 Å². The summed E-state index contributed by atoms with van der Waals surface area (Å²) in [7, 11) is 3.37. The molecule has 2 saturated heterocycles. The fourth-order valence-electron chi connectivity index (χ4n) is 4.92. The first-order chi connectivity index (χ1) is 17.9. The third-order valence-electron chi connectivity index (χ3n) is 6.86. The number of methoxy groups -OCH3 is 1. The van der Waals surface area contributed by atoms with E-state index >= 15 is 0 Å². The van der Waals surface area contributed by atoms with Crippen LogP contribution in [0.15, 0.2) is 54.6 Å². The van der Waals surface area contributed by atoms with E-state index in [1.165, 1.54) is 0 Å². The molecule has 2 fully saturated rings. The maximum absolute atomic E-state index is 13.6. The molecule has 1 N–H and O–H groups in total. The number of hydrogen-bond acceptors (Lipinski definition) is 6. The molecule has 0 radical (unpaired) electrons. The molecule has 1 unspecified atom stereocenters. The molecule has 0 aliphatic carbocycles. The number of urea groups is 1. The van der Waals surface area contributed by atoms with Gasteiger partial charge in [0, 0.05) is 20.1 Å². The number of hydrazine groups is 1. The SMILES string of the molecule is COc1ccc(CCN2CC3N(C(=O)CN(C)N3C(=O)NCc3ccccc3)[C@@H](CCSC)C2=O)cc1. The van der Waals surface area contributed by atoms with E-state index in [0.717, 1.165) is 22.6 Å². The Morgan fingerprint density at radius 3 is 2.49 bits per heavy atom. The van der Waals surface area contributed by atoms with Crippen molar-refractivity contribution in [3.05, 3.63) is 65.7 Å². The van der Waals surface area contributed by atoms with Gasteiger partial charge in [-0.3, -0.25) is 9.59 Å². The molecular weight excluding hydrogens is 490 g/mol. The Balaban J connectivity index is 1.54. The van der Waals surface area contributed by atoms with Crippen molar-refractivity contribution in [1.82, 2.24) is 25.1 Å². The summed E-state index contributed by atoms with van der Waals surface area (Å²) >= 11 is 1.64. The van der Waals surface area contributed by atoms with Crippen LogP contribution >= 0.6 is 11.8 Å². The van der Waals surface area contributed by atoms with Crippen molar-refractivity contribution in [1.29, 1.82) is 0 Å². The average molecular weight is 526 g/mol. The van der Waals surface area contributed by atoms with Gasteiger partial charge in [-0.05, 0) is 48.1 Å². The third kappa shape index (κ3) is 6.19. The van der Waals surface area contributed by atoms with Crippen molar-refractivity contribution >= 4 is 29.6 Å². The summed E-state index contributed by atoms with van der Waals surface area (Å²) in [6.07, 6.45) is 2.63. The first kappa shape index (κ1) is 26.8. The van der Waals surface area contributed by atoms with Gasteiger partial charge in [0.15, 0.2) is 0 Å². The average Bonchev–Trinajstić information content (AvgIpc) is 2.91. The summed E-state index contributed by atoms with van der Waals surface area (Å²) in [5.41, 5.74) is 2.08. The van der Waals surface area contributed by atoms with E-state index in [2.05, 4.69) is 5.32 Å². The fourth-order valence-corrected chi connectivity index (χ4v) is 5.38. The van der Waals surface area contributed by atoms with Crippen LogP contribution in [0.1, 0.15) is 17.5 Å². The Hall–Kier alpha value is -3.24. The monoisotopic (exact) mass is 525 g/mol. The van der Waals surface area contributed by atoms with Crippen molar-refractivity contribution in [2.75, 3.05) is 45.8 Å². The summed E-state index contributed by atoms with van der Waals surface area (Å²) in [6.45, 7) is 1.19. The number of carbonyl (C=O) groups excluding carboxylic acids is 3. The van der Waals surface area contributed by atoms with Crippen molar-refractivity contribution < 1.29 is 19.1 Å². The normalized spacial score (nSPS) is 20.1. The zero-order valence-corrected chi connectivity index (χ0v) is 22.4. The molecule has 2 aromatic rings. The molecule has 0 aromatic heterocycles. The van der Waals surface area contributed by atoms with E-state index < -0.39 is 12.2 Å². The highest BCUT2D eigenvalue weighted by Gasteiger charge is 2.50. The van der Waals surface area contributed by atoms with Gasteiger partial charge in [0.05, 0.1) is 20.2 Å². The number of amides is 4. The fraction of sp³-hybridized carbons (Fsp3) is 0.444. The number of carbonyl (C=O) groups is 3. The van der Waals surface area contributed by atoms with Crippen LogP contribution in [0, 0.1) is 0 Å². The van der Waals surface area contributed by atoms with Gasteiger partial charge < -0.3 is 19.9 Å². The molecule has 198 valence electrons. The smallest absolute Gasteiger partial charge is 0.334 e. The summed E-state index contributed by atoms with van der Waals surface area (Å²) in [5, 5.41) is 6.25. The van der Waals surface area contributed by atoms with Gasteiger partial charge in [-0.15, -0.1) is 0 Å². The predicted octanol–water partition coefficient (Wildman–Crippen LogP) is 2.43. The number of ether oxygens (including phenoxy) is 1. The zero-order chi connectivity index (χ0) is 26.4. The highest BCUT2D eigenvalue weighted by molar-refractivity contribution is 7.98. The molecule has 9 nitrogen and oxygen atoms in total. The first-order valence-electron chi connectivity index (χ1n) is 12.5. The maximum atomic E-state index is 13.6. The van der Waals surface area contributed by atoms with E-state index in [1.807, 2.05) is 60.9 Å². The van der Waals surface area contributed by atoms with Crippen molar-refractivity contribution in [2.24, 2.45) is 0 Å². The van der Waals surface area contributed by atoms with E-state index in [-0.39, 0.29) is 30.9 Å². The zero-order valence-electron chi connectivity index (χ0n) is 21.6. The van der Waals surface area contributed by atoms with Crippen LogP contribution in [0.2, 0.25) is 0 Å². The minimum atomic E-state index is -0.590. The van der Waals surface area contributed by atoms with Crippen LogP contribution in [-0.2, 0) is 22.6 Å². The lowest BCUT2D eigenvalue weighted by atomic mass is 10.0. The molecule has 4 rings (SSSR count). The lowest BCUT2D eigenvalue weighted by molar-refractivity contribution is -0.187. The number of thioether (sulfide) groups is 1. The van der Waals surface area contributed by atoms with Crippen LogP contribution in [0.5, 0.6) is 5.75 Å². The number of nitrogens with one attached hydrogen (secondary N) is 1. The van der Waals surface area contributed by atoms with Gasteiger partial charge in [0.25, 0.3) is 0 Å². The number of nitrogens with zero attached hydrogens (tertiary/aromatic N) is 4. The topological polar surface area (TPSA) is 85.4 Å². The molecule has 37 heavy (non-hydrogen) atoms. The van der Waals surface area contributed by atoms with Crippen LogP contribution in [0.4, 0.5) is 4.79 Å². The highest BCUT2D eigenvalue weighted by Crippen LogP contribution is 2.28. The second-order valence-corrected chi connectivity index (χ2v) is 10.3. The Kier molecular flexibility index (Phi) is 8.94. The van der Waals surface area contributed by atoms with Gasteiger partial charge in [-0.25, -0.2) is 14.8 Å². The van der Waals surface area contributed by atoms with Crippen LogP contribution < -0.4 is 10.1 Å². The summed E-state index contributed by atoms with van der Waals surface area (Å²) in [4.78, 5) is 43.6. The largest absolute Gasteiger partial charge is 0.497 e. The molecule has 2 heterocycles. The van der Waals surface area contributed by atoms with Gasteiger partial charge in [0.1, 0.15) is 18.0 Å². The molecule has 0 spiro atoms. The molecular formula is C27H35N5O4S. The van der Waals surface area contributed by atoms with Gasteiger partial charge in [0.2, 0.25) is 11.8 Å². The van der Waals surface area contributed by atoms with Gasteiger partial charge in [-0.1, -0.05) is 42.5 Å². The van der Waals surface area contributed by atoms with Crippen LogP contribution in [-0.4, -0.2) is 95.7 Å². The van der Waals surface area contributed by atoms with Gasteiger partial charge >= 0.3 is 6.03 Å². The van der Waals surface area contributed by atoms with Crippen molar-refractivity contribution in [3.63, 3.8) is 0 Å². The number of fused-ring (bicyclic) bond motifs is 1. The van der Waals surface area contributed by atoms with Crippen molar-refractivity contribution in [2.45, 2.75) is 31.6 Å². The van der Waals surface area contributed by atoms with Gasteiger partial charge in [-0.2, -0.15) is 11.8 Å². The number of benzene rings is 2. The number of likely N-dealkylation sites (N-methyl/N-ethyl adjacent to an activating group) is 1. The molecule has 2 aliphatic heterocycles. The number of hydrogen-bond donors (Lipinski definition) is 1. The molecule has 10 heteroatoms. The molecule has 0 bridgehead atoms. The molecule has 2 atom stereocenters. The van der Waals surface area contributed by atoms with Crippen LogP contribution in [0.25, 0.3) is 0 Å². The summed E-state index contributed by atoms with van der Waals surface area (Å²) in [6, 6.07) is 16.6. The number of rotatable bonds is 9. The van der Waals surface area contributed by atoms with Crippen LogP contribution in [0.3, 0.4) is 0 Å². The van der Waals surface area contributed by atoms with Crippen molar-refractivity contribution in [3.8, 4) is 5.75 Å². The Labute approximate surface area is 222 Å². The molecule has 2 aromatic carbocycles. The minimum Gasteiger partial charge on any atom is -0.497 e. The lowest BCUT2D eigenvalue weighted by Gasteiger charge is -2.54. The highest BCUT2D eigenvalue weighted by atomic mass is 32.2. The minimum absolute atomic E-state index is 0.0458. The standard InChI is InChI=1S/C27H35N5O4S/c1-29-19-25(33)31-23(14-16-37-3)26(34)30(15-13-20-9-11-22(36-2)12-10-20)18-24(31)32(29)27(35)28-17-21-7-5-4-6-8-21/h4-12,23-24H,13-19H2,1-3H3,(H,28,35)/t23-,24?/m0/s1. The Morgan fingerprint density at radius 1 is 1.08 bits per heavy atom. The first-order valence-corrected chi connectivity index (χ1v) is 13.9. The number of piperazine rings is 1. The summed E-state index contributed by atoms with van der Waals surface area (Å²) in [5.74, 6) is 1.34.